The zero-order valence-electron chi connectivity index (χ0n) is 13.7. The SMILES string of the molecule is CCC(/C=C/C(=O)O)(CC)c1csc(Nc2ccc(C)cc2)n1. The third-order valence-corrected chi connectivity index (χ3v) is 4.88. The molecule has 0 aliphatic heterocycles. The highest BCUT2D eigenvalue weighted by atomic mass is 32.1. The summed E-state index contributed by atoms with van der Waals surface area (Å²) in [5.41, 5.74) is 2.79. The van der Waals surface area contributed by atoms with Crippen molar-refractivity contribution in [1.29, 1.82) is 0 Å². The Hall–Kier alpha value is -2.14. The van der Waals surface area contributed by atoms with Crippen LogP contribution in [0.1, 0.15) is 37.9 Å². The van der Waals surface area contributed by atoms with E-state index in [1.165, 1.54) is 23.0 Å². The molecule has 0 unspecified atom stereocenters. The molecule has 0 aliphatic carbocycles. The van der Waals surface area contributed by atoms with Gasteiger partial charge in [-0.2, -0.15) is 0 Å². The number of carbonyl (C=O) groups is 1. The van der Waals surface area contributed by atoms with Crippen LogP contribution >= 0.6 is 11.3 Å². The molecular weight excluding hydrogens is 308 g/mol. The van der Waals surface area contributed by atoms with E-state index in [0.29, 0.717) is 0 Å². The predicted molar refractivity (Wildman–Crippen MR) is 95.6 cm³/mol. The molecule has 0 aliphatic rings. The molecule has 1 heterocycles. The van der Waals surface area contributed by atoms with Crippen molar-refractivity contribution < 1.29 is 9.90 Å². The van der Waals surface area contributed by atoms with E-state index in [9.17, 15) is 4.79 Å². The number of aromatic nitrogens is 1. The van der Waals surface area contributed by atoms with Crippen molar-refractivity contribution in [2.45, 2.75) is 39.0 Å². The van der Waals surface area contributed by atoms with E-state index in [0.717, 1.165) is 29.4 Å². The van der Waals surface area contributed by atoms with Gasteiger partial charge in [0.15, 0.2) is 5.13 Å². The van der Waals surface area contributed by atoms with Crippen LogP contribution in [0.3, 0.4) is 0 Å². The molecule has 5 heteroatoms. The van der Waals surface area contributed by atoms with Gasteiger partial charge in [-0.15, -0.1) is 11.3 Å². The van der Waals surface area contributed by atoms with Crippen molar-refractivity contribution in [2.75, 3.05) is 5.32 Å². The molecule has 0 spiro atoms. The fraction of sp³-hybridized carbons (Fsp3) is 0.333. The summed E-state index contributed by atoms with van der Waals surface area (Å²) in [7, 11) is 0. The molecule has 1 aromatic heterocycles. The fourth-order valence-corrected chi connectivity index (χ4v) is 3.32. The van der Waals surface area contributed by atoms with Crippen LogP contribution in [0, 0.1) is 6.92 Å². The minimum atomic E-state index is -0.926. The number of rotatable bonds is 7. The monoisotopic (exact) mass is 330 g/mol. The summed E-state index contributed by atoms with van der Waals surface area (Å²) in [6.07, 6.45) is 4.60. The minimum absolute atomic E-state index is 0.331. The molecule has 23 heavy (non-hydrogen) atoms. The smallest absolute Gasteiger partial charge is 0.328 e. The summed E-state index contributed by atoms with van der Waals surface area (Å²) in [5, 5.41) is 15.1. The molecule has 4 nitrogen and oxygen atoms in total. The molecule has 0 radical (unpaired) electrons. The Morgan fingerprint density at radius 1 is 1.30 bits per heavy atom. The maximum absolute atomic E-state index is 10.9. The molecule has 0 saturated carbocycles. The molecule has 0 fully saturated rings. The number of aliphatic carboxylic acids is 1. The average molecular weight is 330 g/mol. The third kappa shape index (κ3) is 4.20. The number of carboxylic acids is 1. The highest BCUT2D eigenvalue weighted by Crippen LogP contribution is 2.35. The van der Waals surface area contributed by atoms with E-state index in [2.05, 4.69) is 43.2 Å². The second kappa shape index (κ2) is 7.42. The number of anilines is 2. The van der Waals surface area contributed by atoms with Crippen LogP contribution in [0.25, 0.3) is 0 Å². The van der Waals surface area contributed by atoms with E-state index in [-0.39, 0.29) is 5.41 Å². The van der Waals surface area contributed by atoms with Crippen LogP contribution in [0.15, 0.2) is 41.8 Å². The Labute approximate surface area is 140 Å². The van der Waals surface area contributed by atoms with E-state index >= 15 is 0 Å². The lowest BCUT2D eigenvalue weighted by Gasteiger charge is -2.25. The maximum Gasteiger partial charge on any atom is 0.328 e. The van der Waals surface area contributed by atoms with E-state index in [4.69, 9.17) is 5.11 Å². The Morgan fingerprint density at radius 2 is 1.96 bits per heavy atom. The van der Waals surface area contributed by atoms with Crippen LogP contribution in [0.2, 0.25) is 0 Å². The van der Waals surface area contributed by atoms with Crippen LogP contribution in [0.4, 0.5) is 10.8 Å². The fourth-order valence-electron chi connectivity index (χ4n) is 2.48. The predicted octanol–water partition coefficient (Wildman–Crippen LogP) is 4.89. The molecule has 2 aromatic rings. The van der Waals surface area contributed by atoms with Crippen LogP contribution < -0.4 is 5.32 Å². The summed E-state index contributed by atoms with van der Waals surface area (Å²) in [6, 6.07) is 8.14. The van der Waals surface area contributed by atoms with Crippen molar-refractivity contribution in [3.8, 4) is 0 Å². The van der Waals surface area contributed by atoms with Crippen molar-refractivity contribution in [3.63, 3.8) is 0 Å². The average Bonchev–Trinajstić information content (AvgIpc) is 3.00. The number of nitrogens with zero attached hydrogens (tertiary/aromatic N) is 1. The van der Waals surface area contributed by atoms with E-state index in [1.54, 1.807) is 6.08 Å². The highest BCUT2D eigenvalue weighted by molar-refractivity contribution is 7.13. The molecule has 0 atom stereocenters. The number of hydrogen-bond acceptors (Lipinski definition) is 4. The Balaban J connectivity index is 2.24. The minimum Gasteiger partial charge on any atom is -0.478 e. The van der Waals surface area contributed by atoms with Gasteiger partial charge in [0.25, 0.3) is 0 Å². The van der Waals surface area contributed by atoms with Gasteiger partial charge in [-0.1, -0.05) is 37.6 Å². The van der Waals surface area contributed by atoms with Crippen molar-refractivity contribution in [3.05, 3.63) is 53.1 Å². The topological polar surface area (TPSA) is 62.2 Å². The van der Waals surface area contributed by atoms with Crippen molar-refractivity contribution >= 4 is 28.1 Å². The first kappa shape index (κ1) is 17.2. The third-order valence-electron chi connectivity index (χ3n) is 4.12. The molecule has 0 saturated heterocycles. The maximum atomic E-state index is 10.9. The van der Waals surface area contributed by atoms with Gasteiger partial charge >= 0.3 is 5.97 Å². The van der Waals surface area contributed by atoms with Crippen molar-refractivity contribution in [2.24, 2.45) is 0 Å². The van der Waals surface area contributed by atoms with Crippen LogP contribution in [0.5, 0.6) is 0 Å². The normalized spacial score (nSPS) is 11.8. The lowest BCUT2D eigenvalue weighted by Crippen LogP contribution is -2.22. The molecule has 1 aromatic carbocycles. The number of carboxylic acid groups (broad SMARTS) is 1. The molecule has 122 valence electrons. The van der Waals surface area contributed by atoms with Gasteiger partial charge in [0.2, 0.25) is 0 Å². The van der Waals surface area contributed by atoms with Gasteiger partial charge in [-0.05, 0) is 31.9 Å². The Morgan fingerprint density at radius 3 is 2.52 bits per heavy atom. The summed E-state index contributed by atoms with van der Waals surface area (Å²) in [6.45, 7) is 6.17. The summed E-state index contributed by atoms with van der Waals surface area (Å²) >= 11 is 1.54. The van der Waals surface area contributed by atoms with Gasteiger partial charge in [0.1, 0.15) is 0 Å². The summed E-state index contributed by atoms with van der Waals surface area (Å²) in [5.74, 6) is -0.926. The van der Waals surface area contributed by atoms with E-state index in [1.807, 2.05) is 17.5 Å². The standard InChI is InChI=1S/C18H22N2O2S/c1-4-18(5-2,11-10-16(21)22)15-12-23-17(20-15)19-14-8-6-13(3)7-9-14/h6-12H,4-5H2,1-3H3,(H,19,20)(H,21,22)/b11-10+. The second-order valence-electron chi connectivity index (χ2n) is 5.56. The number of nitrogens with one attached hydrogen (secondary N) is 1. The van der Waals surface area contributed by atoms with E-state index < -0.39 is 5.97 Å². The van der Waals surface area contributed by atoms with Gasteiger partial charge in [-0.25, -0.2) is 9.78 Å². The Bertz CT molecular complexity index is 685. The molecule has 0 amide bonds. The molecule has 2 rings (SSSR count). The van der Waals surface area contributed by atoms with Crippen LogP contribution in [-0.4, -0.2) is 16.1 Å². The second-order valence-corrected chi connectivity index (χ2v) is 6.42. The number of hydrogen-bond donors (Lipinski definition) is 2. The molecular formula is C18H22N2O2S. The quantitative estimate of drug-likeness (QED) is 0.709. The first-order valence-corrected chi connectivity index (χ1v) is 8.59. The van der Waals surface area contributed by atoms with Crippen molar-refractivity contribution in [1.82, 2.24) is 4.98 Å². The first-order valence-electron chi connectivity index (χ1n) is 7.71. The number of allylic oxidation sites excluding steroid dienone is 1. The number of aryl methyl sites for hydroxylation is 1. The summed E-state index contributed by atoms with van der Waals surface area (Å²) < 4.78 is 0. The lowest BCUT2D eigenvalue weighted by atomic mass is 9.79. The van der Waals surface area contributed by atoms with Gasteiger partial charge in [-0.3, -0.25) is 0 Å². The van der Waals surface area contributed by atoms with Crippen LogP contribution in [-0.2, 0) is 10.2 Å². The highest BCUT2D eigenvalue weighted by Gasteiger charge is 2.28. The van der Waals surface area contributed by atoms with Gasteiger partial charge < -0.3 is 10.4 Å². The lowest BCUT2D eigenvalue weighted by molar-refractivity contribution is -0.131. The zero-order valence-corrected chi connectivity index (χ0v) is 14.5. The zero-order chi connectivity index (χ0) is 16.9. The first-order chi connectivity index (χ1) is 11.0. The number of benzene rings is 1. The largest absolute Gasteiger partial charge is 0.478 e. The van der Waals surface area contributed by atoms with Gasteiger partial charge in [0.05, 0.1) is 5.69 Å². The number of thiazole rings is 1. The molecule has 2 N–H and O–H groups in total. The summed E-state index contributed by atoms with van der Waals surface area (Å²) in [4.78, 5) is 15.5. The Kier molecular flexibility index (Phi) is 5.55. The van der Waals surface area contributed by atoms with Gasteiger partial charge in [0, 0.05) is 22.6 Å². The molecule has 0 bridgehead atoms.